The Balaban J connectivity index is 1.41. The van der Waals surface area contributed by atoms with E-state index in [2.05, 4.69) is 21.1 Å². The summed E-state index contributed by atoms with van der Waals surface area (Å²) in [7, 11) is 0. The highest BCUT2D eigenvalue weighted by Crippen LogP contribution is 2.21. The number of hydrogen-bond donors (Lipinski definition) is 3. The van der Waals surface area contributed by atoms with Crippen LogP contribution >= 0.6 is 11.8 Å². The highest BCUT2D eigenvalue weighted by atomic mass is 32.2. The fourth-order valence-corrected chi connectivity index (χ4v) is 4.13. The second kappa shape index (κ2) is 12.6. The van der Waals surface area contributed by atoms with Crippen molar-refractivity contribution in [1.29, 1.82) is 0 Å². The van der Waals surface area contributed by atoms with Crippen molar-refractivity contribution in [1.82, 2.24) is 10.5 Å². The van der Waals surface area contributed by atoms with Gasteiger partial charge in [-0.25, -0.2) is 0 Å². The fourth-order valence-electron chi connectivity index (χ4n) is 3.43. The first-order valence-corrected chi connectivity index (χ1v) is 12.8. The molecular weight excluding hydrogens is 500 g/mol. The number of carbonyl (C=O) groups is 3. The maximum atomic E-state index is 13.2. The lowest BCUT2D eigenvalue weighted by atomic mass is 10.1. The summed E-state index contributed by atoms with van der Waals surface area (Å²) in [4.78, 5) is 39.0. The van der Waals surface area contributed by atoms with Crippen molar-refractivity contribution >= 4 is 47.1 Å². The third kappa shape index (κ3) is 7.44. The van der Waals surface area contributed by atoms with Crippen molar-refractivity contribution in [2.75, 3.05) is 16.4 Å². The first-order valence-electron chi connectivity index (χ1n) is 11.8. The van der Waals surface area contributed by atoms with Crippen LogP contribution < -0.4 is 16.0 Å². The van der Waals surface area contributed by atoms with E-state index in [0.29, 0.717) is 22.8 Å². The molecule has 0 fully saturated rings. The van der Waals surface area contributed by atoms with Gasteiger partial charge in [0, 0.05) is 22.2 Å². The molecule has 3 amide bonds. The molecule has 1 aromatic heterocycles. The predicted molar refractivity (Wildman–Crippen MR) is 149 cm³/mol. The van der Waals surface area contributed by atoms with Crippen LogP contribution in [-0.2, 0) is 9.59 Å². The van der Waals surface area contributed by atoms with Crippen molar-refractivity contribution in [3.63, 3.8) is 0 Å². The number of anilines is 2. The number of carbonyl (C=O) groups excluding carboxylic acids is 3. The average Bonchev–Trinajstić information content (AvgIpc) is 3.33. The average molecular weight is 527 g/mol. The number of hydrogen-bond acceptors (Lipinski definition) is 6. The van der Waals surface area contributed by atoms with E-state index >= 15 is 0 Å². The van der Waals surface area contributed by atoms with Gasteiger partial charge in [0.2, 0.25) is 5.91 Å². The minimum Gasteiger partial charge on any atom is -0.360 e. The smallest absolute Gasteiger partial charge is 0.272 e. The third-order valence-corrected chi connectivity index (χ3v) is 6.41. The zero-order chi connectivity index (χ0) is 26.9. The Morgan fingerprint density at radius 1 is 0.895 bits per heavy atom. The molecule has 0 radical (unpaired) electrons. The van der Waals surface area contributed by atoms with Gasteiger partial charge in [-0.3, -0.25) is 14.4 Å². The van der Waals surface area contributed by atoms with Crippen LogP contribution in [0.1, 0.15) is 27.2 Å². The second-order valence-electron chi connectivity index (χ2n) is 8.37. The number of aromatic nitrogens is 1. The Hall–Kier alpha value is -4.63. The van der Waals surface area contributed by atoms with E-state index < -0.39 is 5.91 Å². The van der Waals surface area contributed by atoms with Gasteiger partial charge in [0.25, 0.3) is 11.8 Å². The monoisotopic (exact) mass is 526 g/mol. The summed E-state index contributed by atoms with van der Waals surface area (Å²) >= 11 is 1.35. The molecule has 192 valence electrons. The van der Waals surface area contributed by atoms with E-state index in [-0.39, 0.29) is 23.3 Å². The molecule has 0 spiro atoms. The molecule has 0 saturated carbocycles. The normalized spacial score (nSPS) is 11.1. The molecule has 4 rings (SSSR count). The number of amides is 3. The highest BCUT2D eigenvalue weighted by Gasteiger charge is 2.16. The zero-order valence-electron chi connectivity index (χ0n) is 20.9. The summed E-state index contributed by atoms with van der Waals surface area (Å²) in [6.45, 7) is 3.68. The van der Waals surface area contributed by atoms with Gasteiger partial charge in [-0.1, -0.05) is 47.6 Å². The molecule has 3 aromatic carbocycles. The van der Waals surface area contributed by atoms with E-state index in [1.54, 1.807) is 67.6 Å². The number of nitrogens with one attached hydrogen (secondary N) is 3. The molecule has 0 aliphatic carbocycles. The van der Waals surface area contributed by atoms with Crippen molar-refractivity contribution in [3.8, 4) is 0 Å². The molecule has 8 nitrogen and oxygen atoms in total. The van der Waals surface area contributed by atoms with Gasteiger partial charge in [-0.05, 0) is 67.4 Å². The van der Waals surface area contributed by atoms with Gasteiger partial charge in [0.05, 0.1) is 5.75 Å². The predicted octanol–water partition coefficient (Wildman–Crippen LogP) is 5.43. The van der Waals surface area contributed by atoms with Gasteiger partial charge < -0.3 is 20.5 Å². The number of nitrogens with zero attached hydrogens (tertiary/aromatic N) is 1. The van der Waals surface area contributed by atoms with Crippen molar-refractivity contribution in [2.45, 2.75) is 18.7 Å². The fraction of sp³-hybridized carbons (Fsp3) is 0.103. The molecule has 0 unspecified atom stereocenters. The van der Waals surface area contributed by atoms with Crippen LogP contribution in [0.3, 0.4) is 0 Å². The summed E-state index contributed by atoms with van der Waals surface area (Å²) < 4.78 is 4.94. The molecule has 9 heteroatoms. The van der Waals surface area contributed by atoms with E-state index in [4.69, 9.17) is 4.52 Å². The SMILES string of the molecule is Cc1cc(NC(=O)CSc2ccc(NC(=O)/C(=C/c3ccccc3C)NC(=O)c3ccccc3)cc2)no1. The van der Waals surface area contributed by atoms with Gasteiger partial charge in [-0.2, -0.15) is 0 Å². The van der Waals surface area contributed by atoms with E-state index in [9.17, 15) is 14.4 Å². The maximum Gasteiger partial charge on any atom is 0.272 e. The van der Waals surface area contributed by atoms with Crippen LogP contribution in [0.15, 0.2) is 100 Å². The lowest BCUT2D eigenvalue weighted by molar-refractivity contribution is -0.114. The van der Waals surface area contributed by atoms with Crippen LogP contribution in [0, 0.1) is 13.8 Å². The van der Waals surface area contributed by atoms with E-state index in [0.717, 1.165) is 16.0 Å². The van der Waals surface area contributed by atoms with E-state index in [1.165, 1.54) is 11.8 Å². The summed E-state index contributed by atoms with van der Waals surface area (Å²) in [6, 6.07) is 25.0. The molecule has 1 heterocycles. The molecule has 3 N–H and O–H groups in total. The molecule has 38 heavy (non-hydrogen) atoms. The molecule has 0 aliphatic rings. The quantitative estimate of drug-likeness (QED) is 0.198. The Kier molecular flexibility index (Phi) is 8.73. The van der Waals surface area contributed by atoms with Crippen molar-refractivity contribution < 1.29 is 18.9 Å². The van der Waals surface area contributed by atoms with Crippen LogP contribution in [0.25, 0.3) is 6.08 Å². The molecule has 4 aromatic rings. The molecule has 0 atom stereocenters. The van der Waals surface area contributed by atoms with Gasteiger partial charge in [-0.15, -0.1) is 11.8 Å². The molecule has 0 bridgehead atoms. The minimum atomic E-state index is -0.458. The summed E-state index contributed by atoms with van der Waals surface area (Å²) in [6.07, 6.45) is 1.66. The zero-order valence-corrected chi connectivity index (χ0v) is 21.7. The Bertz CT molecular complexity index is 1460. The van der Waals surface area contributed by atoms with Gasteiger partial charge >= 0.3 is 0 Å². The standard InChI is InChI=1S/C29H26N4O4S/c1-19-8-6-7-11-22(19)17-25(31-28(35)21-9-4-3-5-10-21)29(36)30-23-12-14-24(15-13-23)38-18-27(34)32-26-16-20(2)37-33-26/h3-17H,18H2,1-2H3,(H,30,36)(H,31,35)(H,32,33,34)/b25-17-. The summed E-state index contributed by atoms with van der Waals surface area (Å²) in [5.74, 6) is 0.126. The Morgan fingerprint density at radius 3 is 2.29 bits per heavy atom. The van der Waals surface area contributed by atoms with Gasteiger partial charge in [0.15, 0.2) is 5.82 Å². The molecular formula is C29H26N4O4S. The third-order valence-electron chi connectivity index (χ3n) is 5.39. The first-order chi connectivity index (χ1) is 18.4. The van der Waals surface area contributed by atoms with Crippen LogP contribution in [0.4, 0.5) is 11.5 Å². The lowest BCUT2D eigenvalue weighted by Crippen LogP contribution is -2.30. The largest absolute Gasteiger partial charge is 0.360 e. The lowest BCUT2D eigenvalue weighted by Gasteiger charge is -2.12. The van der Waals surface area contributed by atoms with Gasteiger partial charge in [0.1, 0.15) is 11.5 Å². The Labute approximate surface area is 224 Å². The molecule has 0 saturated heterocycles. The second-order valence-corrected chi connectivity index (χ2v) is 9.42. The maximum absolute atomic E-state index is 13.2. The number of rotatable bonds is 9. The van der Waals surface area contributed by atoms with Crippen molar-refractivity contribution in [2.24, 2.45) is 0 Å². The number of aryl methyl sites for hydroxylation is 2. The first kappa shape index (κ1) is 26.4. The number of benzene rings is 3. The highest BCUT2D eigenvalue weighted by molar-refractivity contribution is 8.00. The molecule has 0 aliphatic heterocycles. The van der Waals surface area contributed by atoms with Crippen LogP contribution in [-0.4, -0.2) is 28.6 Å². The topological polar surface area (TPSA) is 113 Å². The van der Waals surface area contributed by atoms with Crippen LogP contribution in [0.5, 0.6) is 0 Å². The summed E-state index contributed by atoms with van der Waals surface area (Å²) in [5.41, 5.74) is 2.89. The summed E-state index contributed by atoms with van der Waals surface area (Å²) in [5, 5.41) is 12.0. The van der Waals surface area contributed by atoms with Crippen molar-refractivity contribution in [3.05, 3.63) is 113 Å². The van der Waals surface area contributed by atoms with Crippen LogP contribution in [0.2, 0.25) is 0 Å². The number of thioether (sulfide) groups is 1. The minimum absolute atomic E-state index is 0.117. The Morgan fingerprint density at radius 2 is 1.61 bits per heavy atom. The van der Waals surface area contributed by atoms with E-state index in [1.807, 2.05) is 37.3 Å².